The van der Waals surface area contributed by atoms with Gasteiger partial charge in [-0.15, -0.1) is 0 Å². The van der Waals surface area contributed by atoms with Gasteiger partial charge in [-0.05, 0) is 25.9 Å². The molecule has 0 bridgehead atoms. The fourth-order valence-corrected chi connectivity index (χ4v) is 2.84. The van der Waals surface area contributed by atoms with Crippen molar-refractivity contribution < 1.29 is 14.3 Å². The normalized spacial score (nSPS) is 19.9. The van der Waals surface area contributed by atoms with Crippen LogP contribution in [0.15, 0.2) is 12.1 Å². The van der Waals surface area contributed by atoms with Crippen LogP contribution >= 0.6 is 11.6 Å². The Morgan fingerprint density at radius 2 is 1.86 bits per heavy atom. The minimum absolute atomic E-state index is 0.00239. The highest BCUT2D eigenvalue weighted by Gasteiger charge is 2.35. The average molecular weight is 311 g/mol. The maximum atomic E-state index is 12.5. The Balaban J connectivity index is 1.79. The number of piperidine rings is 1. The molecule has 1 aromatic carbocycles. The number of fused-ring (bicyclic) bond motifs is 1. The monoisotopic (exact) mass is 310 g/mol. The van der Waals surface area contributed by atoms with Gasteiger partial charge in [-0.25, -0.2) is 0 Å². The molecular weight excluding hydrogens is 292 g/mol. The zero-order valence-electron chi connectivity index (χ0n) is 12.0. The summed E-state index contributed by atoms with van der Waals surface area (Å²) in [5, 5.41) is 6.67. The molecule has 0 saturated carbocycles. The van der Waals surface area contributed by atoms with E-state index in [0.29, 0.717) is 35.4 Å². The lowest BCUT2D eigenvalue weighted by Gasteiger charge is -2.32. The molecule has 5 nitrogen and oxygen atoms in total. The summed E-state index contributed by atoms with van der Waals surface area (Å²) in [6.45, 7) is 4.73. The summed E-state index contributed by atoms with van der Waals surface area (Å²) >= 11 is 6.23. The summed E-state index contributed by atoms with van der Waals surface area (Å²) in [5.74, 6) is 1.25. The predicted molar refractivity (Wildman–Crippen MR) is 81.3 cm³/mol. The highest BCUT2D eigenvalue weighted by Crippen LogP contribution is 2.39. The second-order valence-electron chi connectivity index (χ2n) is 5.74. The van der Waals surface area contributed by atoms with Gasteiger partial charge in [-0.1, -0.05) is 18.5 Å². The van der Waals surface area contributed by atoms with Gasteiger partial charge in [0, 0.05) is 17.5 Å². The van der Waals surface area contributed by atoms with E-state index in [4.69, 9.17) is 21.1 Å². The van der Waals surface area contributed by atoms with Crippen LogP contribution in [0.2, 0.25) is 5.02 Å². The maximum absolute atomic E-state index is 12.5. The molecule has 0 spiro atoms. The van der Waals surface area contributed by atoms with Gasteiger partial charge in [0.2, 0.25) is 5.91 Å². The first kappa shape index (κ1) is 14.5. The molecule has 0 radical (unpaired) electrons. The Labute approximate surface area is 128 Å². The highest BCUT2D eigenvalue weighted by atomic mass is 35.5. The summed E-state index contributed by atoms with van der Waals surface area (Å²) in [6, 6.07) is 3.43. The molecule has 2 aliphatic heterocycles. The molecule has 3 rings (SSSR count). The first-order chi connectivity index (χ1) is 10.1. The molecule has 0 aliphatic carbocycles. The van der Waals surface area contributed by atoms with Gasteiger partial charge in [0.05, 0.1) is 10.7 Å². The van der Waals surface area contributed by atoms with Crippen molar-refractivity contribution in [3.63, 3.8) is 0 Å². The lowest BCUT2D eigenvalue weighted by Crippen LogP contribution is -2.42. The molecule has 2 heterocycles. The topological polar surface area (TPSA) is 59.6 Å². The van der Waals surface area contributed by atoms with Gasteiger partial charge < -0.3 is 20.1 Å². The molecule has 21 heavy (non-hydrogen) atoms. The van der Waals surface area contributed by atoms with Crippen molar-refractivity contribution >= 4 is 23.2 Å². The first-order valence-electron chi connectivity index (χ1n) is 7.20. The number of nitrogens with one attached hydrogen (secondary N) is 2. The van der Waals surface area contributed by atoms with E-state index in [1.165, 1.54) is 0 Å². The molecular formula is C15H19ClN2O3. The number of hydrogen-bond acceptors (Lipinski definition) is 4. The van der Waals surface area contributed by atoms with Crippen LogP contribution in [0.5, 0.6) is 11.5 Å². The second-order valence-corrected chi connectivity index (χ2v) is 6.15. The average Bonchev–Trinajstić information content (AvgIpc) is 2.48. The third-order valence-electron chi connectivity index (χ3n) is 4.14. The molecule has 2 aliphatic rings. The van der Waals surface area contributed by atoms with Crippen LogP contribution in [0.25, 0.3) is 0 Å². The van der Waals surface area contributed by atoms with Gasteiger partial charge in [0.1, 0.15) is 13.2 Å². The zero-order valence-corrected chi connectivity index (χ0v) is 12.8. The van der Waals surface area contributed by atoms with Crippen molar-refractivity contribution in [2.75, 3.05) is 31.6 Å². The molecule has 2 N–H and O–H groups in total. The highest BCUT2D eigenvalue weighted by molar-refractivity contribution is 6.34. The van der Waals surface area contributed by atoms with Gasteiger partial charge >= 0.3 is 0 Å². The number of carbonyl (C=O) groups is 1. The number of ether oxygens (including phenoxy) is 2. The third-order valence-corrected chi connectivity index (χ3v) is 4.45. The summed E-state index contributed by atoms with van der Waals surface area (Å²) in [5.41, 5.74) is 0.215. The Morgan fingerprint density at radius 3 is 2.52 bits per heavy atom. The number of benzene rings is 1. The fraction of sp³-hybridized carbons (Fsp3) is 0.533. The summed E-state index contributed by atoms with van der Waals surface area (Å²) in [6.07, 6.45) is 1.64. The third kappa shape index (κ3) is 2.94. The van der Waals surface area contributed by atoms with Gasteiger partial charge in [-0.2, -0.15) is 0 Å². The largest absolute Gasteiger partial charge is 0.486 e. The van der Waals surface area contributed by atoms with Crippen LogP contribution in [0.1, 0.15) is 19.8 Å². The van der Waals surface area contributed by atoms with Crippen LogP contribution in [0.4, 0.5) is 5.69 Å². The zero-order chi connectivity index (χ0) is 14.9. The summed E-state index contributed by atoms with van der Waals surface area (Å²) < 4.78 is 11.0. The standard InChI is InChI=1S/C15H19ClN2O3/c1-15(2-4-17-5-3-15)14(19)18-11-9-13-12(8-10(11)16)20-6-7-21-13/h8-9,17H,2-7H2,1H3,(H,18,19). The Bertz CT molecular complexity index is 556. The molecule has 0 atom stereocenters. The van der Waals surface area contributed by atoms with Crippen LogP contribution in [-0.4, -0.2) is 32.2 Å². The Kier molecular flexibility index (Phi) is 3.95. The lowest BCUT2D eigenvalue weighted by molar-refractivity contribution is -0.126. The number of hydrogen-bond donors (Lipinski definition) is 2. The fourth-order valence-electron chi connectivity index (χ4n) is 2.64. The van der Waals surface area contributed by atoms with Gasteiger partial charge in [-0.3, -0.25) is 4.79 Å². The molecule has 1 amide bonds. The van der Waals surface area contributed by atoms with E-state index in [1.807, 2.05) is 6.92 Å². The van der Waals surface area contributed by atoms with Crippen molar-refractivity contribution in [1.29, 1.82) is 0 Å². The second kappa shape index (κ2) is 5.73. The maximum Gasteiger partial charge on any atom is 0.230 e. The number of anilines is 1. The molecule has 0 aromatic heterocycles. The van der Waals surface area contributed by atoms with E-state index in [0.717, 1.165) is 25.9 Å². The van der Waals surface area contributed by atoms with E-state index < -0.39 is 0 Å². The number of rotatable bonds is 2. The van der Waals surface area contributed by atoms with Crippen LogP contribution in [0, 0.1) is 5.41 Å². The summed E-state index contributed by atoms with van der Waals surface area (Å²) in [4.78, 5) is 12.5. The van der Waals surface area contributed by atoms with E-state index in [9.17, 15) is 4.79 Å². The van der Waals surface area contributed by atoms with Crippen molar-refractivity contribution in [2.45, 2.75) is 19.8 Å². The number of carbonyl (C=O) groups excluding carboxylic acids is 1. The van der Waals surface area contributed by atoms with E-state index in [-0.39, 0.29) is 11.3 Å². The van der Waals surface area contributed by atoms with Gasteiger partial charge in [0.15, 0.2) is 11.5 Å². The van der Waals surface area contributed by atoms with Gasteiger partial charge in [0.25, 0.3) is 0 Å². The van der Waals surface area contributed by atoms with E-state index in [2.05, 4.69) is 10.6 Å². The van der Waals surface area contributed by atoms with Crippen molar-refractivity contribution in [1.82, 2.24) is 5.32 Å². The van der Waals surface area contributed by atoms with Crippen molar-refractivity contribution in [2.24, 2.45) is 5.41 Å². The number of halogens is 1. The van der Waals surface area contributed by atoms with Crippen LogP contribution in [-0.2, 0) is 4.79 Å². The SMILES string of the molecule is CC1(C(=O)Nc2cc3c(cc2Cl)OCCO3)CCNCC1. The molecule has 1 saturated heterocycles. The van der Waals surface area contributed by atoms with E-state index in [1.54, 1.807) is 12.1 Å². The molecule has 6 heteroatoms. The van der Waals surface area contributed by atoms with Crippen molar-refractivity contribution in [3.8, 4) is 11.5 Å². The lowest BCUT2D eigenvalue weighted by atomic mass is 9.80. The minimum Gasteiger partial charge on any atom is -0.486 e. The Morgan fingerprint density at radius 1 is 1.24 bits per heavy atom. The minimum atomic E-state index is -0.359. The quantitative estimate of drug-likeness (QED) is 0.881. The predicted octanol–water partition coefficient (Wildman–Crippen LogP) is 2.44. The number of amides is 1. The molecule has 1 aromatic rings. The Hall–Kier alpha value is -1.46. The first-order valence-corrected chi connectivity index (χ1v) is 7.58. The molecule has 0 unspecified atom stereocenters. The van der Waals surface area contributed by atoms with Crippen molar-refractivity contribution in [3.05, 3.63) is 17.2 Å². The molecule has 114 valence electrons. The smallest absolute Gasteiger partial charge is 0.230 e. The molecule has 1 fully saturated rings. The van der Waals surface area contributed by atoms with Crippen LogP contribution < -0.4 is 20.1 Å². The van der Waals surface area contributed by atoms with E-state index >= 15 is 0 Å². The van der Waals surface area contributed by atoms with Crippen LogP contribution in [0.3, 0.4) is 0 Å². The summed E-state index contributed by atoms with van der Waals surface area (Å²) in [7, 11) is 0.